The van der Waals surface area contributed by atoms with Crippen LogP contribution in [0.1, 0.15) is 19.8 Å². The van der Waals surface area contributed by atoms with Gasteiger partial charge in [0.05, 0.1) is 24.3 Å². The third-order valence-corrected chi connectivity index (χ3v) is 3.40. The van der Waals surface area contributed by atoms with Gasteiger partial charge in [-0.25, -0.2) is 4.79 Å². The van der Waals surface area contributed by atoms with Crippen molar-refractivity contribution in [2.24, 2.45) is 0 Å². The lowest BCUT2D eigenvalue weighted by Crippen LogP contribution is -2.23. The molecule has 1 aliphatic rings. The number of hydrogen-bond acceptors (Lipinski definition) is 4. The summed E-state index contributed by atoms with van der Waals surface area (Å²) < 4.78 is 12.5. The van der Waals surface area contributed by atoms with Gasteiger partial charge < -0.3 is 14.9 Å². The SMILES string of the molecule is CC1CCC(Cn2c(=O)oc3cc(N)ccc32)O1. The predicted octanol–water partition coefficient (Wildman–Crippen LogP) is 1.74. The molecule has 0 bridgehead atoms. The van der Waals surface area contributed by atoms with Crippen LogP contribution >= 0.6 is 0 Å². The van der Waals surface area contributed by atoms with Crippen LogP contribution in [0, 0.1) is 0 Å². The van der Waals surface area contributed by atoms with Gasteiger partial charge in [-0.2, -0.15) is 0 Å². The van der Waals surface area contributed by atoms with E-state index in [2.05, 4.69) is 6.92 Å². The quantitative estimate of drug-likeness (QED) is 0.822. The molecular formula is C13H16N2O3. The van der Waals surface area contributed by atoms with Crippen molar-refractivity contribution in [1.29, 1.82) is 0 Å². The minimum absolute atomic E-state index is 0.0936. The van der Waals surface area contributed by atoms with Gasteiger partial charge in [-0.05, 0) is 31.9 Å². The molecule has 1 fully saturated rings. The second-order valence-corrected chi connectivity index (χ2v) is 4.85. The first-order chi connectivity index (χ1) is 8.63. The lowest BCUT2D eigenvalue weighted by atomic mass is 10.2. The van der Waals surface area contributed by atoms with Gasteiger partial charge in [0, 0.05) is 11.8 Å². The Labute approximate surface area is 104 Å². The van der Waals surface area contributed by atoms with Crippen LogP contribution < -0.4 is 11.5 Å². The lowest BCUT2D eigenvalue weighted by Gasteiger charge is -2.11. The van der Waals surface area contributed by atoms with Crippen LogP contribution in [-0.2, 0) is 11.3 Å². The maximum atomic E-state index is 11.8. The summed E-state index contributed by atoms with van der Waals surface area (Å²) >= 11 is 0. The molecule has 1 aromatic carbocycles. The Morgan fingerprint density at radius 3 is 3.00 bits per heavy atom. The van der Waals surface area contributed by atoms with E-state index in [0.29, 0.717) is 17.8 Å². The molecule has 0 amide bonds. The van der Waals surface area contributed by atoms with E-state index in [9.17, 15) is 4.79 Å². The highest BCUT2D eigenvalue weighted by atomic mass is 16.5. The zero-order valence-corrected chi connectivity index (χ0v) is 10.3. The summed E-state index contributed by atoms with van der Waals surface area (Å²) in [6.45, 7) is 2.59. The maximum Gasteiger partial charge on any atom is 0.420 e. The van der Waals surface area contributed by atoms with E-state index in [1.54, 1.807) is 16.7 Å². The largest absolute Gasteiger partial charge is 0.420 e. The fourth-order valence-corrected chi connectivity index (χ4v) is 2.48. The van der Waals surface area contributed by atoms with E-state index in [1.807, 2.05) is 6.07 Å². The van der Waals surface area contributed by atoms with Crippen molar-refractivity contribution in [3.63, 3.8) is 0 Å². The third kappa shape index (κ3) is 1.90. The van der Waals surface area contributed by atoms with Crippen molar-refractivity contribution < 1.29 is 9.15 Å². The molecule has 0 saturated carbocycles. The Bertz CT molecular complexity index is 629. The standard InChI is InChI=1S/C13H16N2O3/c1-8-2-4-10(17-8)7-15-11-5-3-9(14)6-12(11)18-13(15)16/h3,5-6,8,10H,2,4,7,14H2,1H3. The molecule has 2 heterocycles. The molecule has 2 atom stereocenters. The Balaban J connectivity index is 1.96. The van der Waals surface area contributed by atoms with Crippen LogP contribution in [0.5, 0.6) is 0 Å². The summed E-state index contributed by atoms with van der Waals surface area (Å²) in [6.07, 6.45) is 2.40. The molecule has 1 aromatic heterocycles. The highest BCUT2D eigenvalue weighted by molar-refractivity contribution is 5.76. The first-order valence-corrected chi connectivity index (χ1v) is 6.18. The van der Waals surface area contributed by atoms with Crippen molar-refractivity contribution in [3.05, 3.63) is 28.7 Å². The maximum absolute atomic E-state index is 11.8. The Kier molecular flexibility index (Phi) is 2.63. The molecule has 0 aliphatic carbocycles. The fraction of sp³-hybridized carbons (Fsp3) is 0.462. The molecule has 0 spiro atoms. The van der Waals surface area contributed by atoms with Crippen LogP contribution in [0.3, 0.4) is 0 Å². The highest BCUT2D eigenvalue weighted by Crippen LogP contribution is 2.22. The number of fused-ring (bicyclic) bond motifs is 1. The number of hydrogen-bond donors (Lipinski definition) is 1. The third-order valence-electron chi connectivity index (χ3n) is 3.40. The van der Waals surface area contributed by atoms with Crippen LogP contribution in [0.25, 0.3) is 11.1 Å². The van der Waals surface area contributed by atoms with Crippen molar-refractivity contribution >= 4 is 16.8 Å². The summed E-state index contributed by atoms with van der Waals surface area (Å²) in [7, 11) is 0. The lowest BCUT2D eigenvalue weighted by molar-refractivity contribution is 0.0453. The van der Waals surface area contributed by atoms with Gasteiger partial charge in [-0.15, -0.1) is 0 Å². The molecule has 2 N–H and O–H groups in total. The molecule has 2 aromatic rings. The summed E-state index contributed by atoms with van der Waals surface area (Å²) in [5, 5.41) is 0. The molecule has 2 unspecified atom stereocenters. The molecule has 1 saturated heterocycles. The Morgan fingerprint density at radius 2 is 2.28 bits per heavy atom. The molecule has 3 rings (SSSR count). The summed E-state index contributed by atoms with van der Waals surface area (Å²) in [5.74, 6) is -0.348. The van der Waals surface area contributed by atoms with Gasteiger partial charge >= 0.3 is 5.76 Å². The average Bonchev–Trinajstić information content (AvgIpc) is 2.84. The van der Waals surface area contributed by atoms with Crippen molar-refractivity contribution in [1.82, 2.24) is 4.57 Å². The van der Waals surface area contributed by atoms with E-state index in [-0.39, 0.29) is 18.0 Å². The highest BCUT2D eigenvalue weighted by Gasteiger charge is 2.23. The van der Waals surface area contributed by atoms with E-state index < -0.39 is 0 Å². The number of nitrogens with zero attached hydrogens (tertiary/aromatic N) is 1. The minimum atomic E-state index is -0.348. The number of benzene rings is 1. The summed E-state index contributed by atoms with van der Waals surface area (Å²) in [6, 6.07) is 5.26. The Morgan fingerprint density at radius 1 is 1.44 bits per heavy atom. The smallest absolute Gasteiger partial charge is 0.408 e. The number of ether oxygens (including phenoxy) is 1. The second-order valence-electron chi connectivity index (χ2n) is 4.85. The van der Waals surface area contributed by atoms with Gasteiger partial charge in [0.25, 0.3) is 0 Å². The van der Waals surface area contributed by atoms with E-state index in [4.69, 9.17) is 14.9 Å². The Hall–Kier alpha value is -1.75. The first kappa shape index (κ1) is 11.3. The van der Waals surface area contributed by atoms with Gasteiger partial charge in [-0.1, -0.05) is 0 Å². The molecule has 5 heteroatoms. The molecular weight excluding hydrogens is 232 g/mol. The monoisotopic (exact) mass is 248 g/mol. The number of nitrogens with two attached hydrogens (primary N) is 1. The molecule has 0 radical (unpaired) electrons. The zero-order chi connectivity index (χ0) is 12.7. The zero-order valence-electron chi connectivity index (χ0n) is 10.3. The van der Waals surface area contributed by atoms with Crippen LogP contribution in [0.15, 0.2) is 27.4 Å². The predicted molar refractivity (Wildman–Crippen MR) is 68.5 cm³/mol. The van der Waals surface area contributed by atoms with Crippen molar-refractivity contribution in [2.45, 2.75) is 38.5 Å². The van der Waals surface area contributed by atoms with E-state index >= 15 is 0 Å². The number of oxazole rings is 1. The normalized spacial score (nSPS) is 23.8. The van der Waals surface area contributed by atoms with E-state index in [0.717, 1.165) is 18.4 Å². The first-order valence-electron chi connectivity index (χ1n) is 6.18. The second kappa shape index (κ2) is 4.17. The van der Waals surface area contributed by atoms with Crippen LogP contribution in [0.2, 0.25) is 0 Å². The number of nitrogen functional groups attached to an aromatic ring is 1. The van der Waals surface area contributed by atoms with E-state index in [1.165, 1.54) is 0 Å². The molecule has 1 aliphatic heterocycles. The minimum Gasteiger partial charge on any atom is -0.408 e. The molecule has 18 heavy (non-hydrogen) atoms. The van der Waals surface area contributed by atoms with Crippen molar-refractivity contribution in [3.8, 4) is 0 Å². The fourth-order valence-electron chi connectivity index (χ4n) is 2.48. The van der Waals surface area contributed by atoms with Crippen molar-refractivity contribution in [2.75, 3.05) is 5.73 Å². The number of rotatable bonds is 2. The van der Waals surface area contributed by atoms with Gasteiger partial charge in [0.2, 0.25) is 0 Å². The topological polar surface area (TPSA) is 70.4 Å². The van der Waals surface area contributed by atoms with Crippen LogP contribution in [0.4, 0.5) is 5.69 Å². The number of aromatic nitrogens is 1. The molecule has 96 valence electrons. The van der Waals surface area contributed by atoms with Gasteiger partial charge in [-0.3, -0.25) is 4.57 Å². The summed E-state index contributed by atoms with van der Waals surface area (Å²) in [4.78, 5) is 11.8. The van der Waals surface area contributed by atoms with Gasteiger partial charge in [0.1, 0.15) is 0 Å². The molecule has 5 nitrogen and oxygen atoms in total. The summed E-state index contributed by atoms with van der Waals surface area (Å²) in [5.41, 5.74) is 7.57. The number of anilines is 1. The van der Waals surface area contributed by atoms with Gasteiger partial charge in [0.15, 0.2) is 5.58 Å². The van der Waals surface area contributed by atoms with Crippen LogP contribution in [-0.4, -0.2) is 16.8 Å². The average molecular weight is 248 g/mol.